The van der Waals surface area contributed by atoms with Crippen LogP contribution in [0.25, 0.3) is 28.4 Å². The number of imidazole rings is 1. The van der Waals surface area contributed by atoms with E-state index in [0.29, 0.717) is 21.6 Å². The summed E-state index contributed by atoms with van der Waals surface area (Å²) in [7, 11) is 0. The normalized spacial score (nSPS) is 11.6. The van der Waals surface area contributed by atoms with Crippen LogP contribution in [-0.4, -0.2) is 9.97 Å². The molecule has 4 nitrogen and oxygen atoms in total. The van der Waals surface area contributed by atoms with Crippen LogP contribution in [-0.2, 0) is 0 Å². The number of nitriles is 1. The van der Waals surface area contributed by atoms with Crippen molar-refractivity contribution in [2.75, 3.05) is 0 Å². The number of nitrogens with one attached hydrogen (secondary N) is 1. The molecular weight excluding hydrogens is 349 g/mol. The number of nitrogens with zero attached hydrogens (tertiary/aromatic N) is 2. The molecule has 26 heavy (non-hydrogen) atoms. The van der Waals surface area contributed by atoms with Crippen molar-refractivity contribution >= 4 is 28.9 Å². The molecule has 0 unspecified atom stereocenters. The number of H-pyrrole nitrogens is 1. The van der Waals surface area contributed by atoms with Crippen LogP contribution in [0.4, 0.5) is 4.39 Å². The minimum atomic E-state index is -0.297. The number of fused-ring (bicyclic) bond motifs is 1. The molecular formula is C20H12FN3OS. The first-order chi connectivity index (χ1) is 12.7. The lowest BCUT2D eigenvalue weighted by Gasteiger charge is -1.96. The molecule has 2 aromatic carbocycles. The Kier molecular flexibility index (Phi) is 4.30. The Labute approximate surface area is 153 Å². The van der Waals surface area contributed by atoms with E-state index in [9.17, 15) is 9.65 Å². The van der Waals surface area contributed by atoms with Crippen LogP contribution in [0.2, 0.25) is 0 Å². The van der Waals surface area contributed by atoms with Gasteiger partial charge in [-0.05, 0) is 60.3 Å². The summed E-state index contributed by atoms with van der Waals surface area (Å²) in [6, 6.07) is 19.5. The zero-order chi connectivity index (χ0) is 17.9. The minimum Gasteiger partial charge on any atom is -0.457 e. The smallest absolute Gasteiger partial charge is 0.171 e. The highest BCUT2D eigenvalue weighted by molar-refractivity contribution is 8.03. The van der Waals surface area contributed by atoms with E-state index in [1.165, 1.54) is 23.9 Å². The van der Waals surface area contributed by atoms with Crippen molar-refractivity contribution in [3.05, 3.63) is 77.1 Å². The monoisotopic (exact) mass is 361 g/mol. The number of allylic oxidation sites excluding steroid dienone is 1. The molecule has 0 saturated carbocycles. The standard InChI is InChI=1S/C20H12FN3OS/c21-14-7-5-13(6-8-14)19-10-9-15(25-19)11-16(12-22)26-20-23-17-3-1-2-4-18(17)24-20/h1-11H,(H,23,24)/b16-11+. The molecule has 6 heteroatoms. The maximum Gasteiger partial charge on any atom is 0.171 e. The average molecular weight is 361 g/mol. The lowest BCUT2D eigenvalue weighted by Crippen LogP contribution is -1.77. The summed E-state index contributed by atoms with van der Waals surface area (Å²) >= 11 is 1.24. The average Bonchev–Trinajstić information content (AvgIpc) is 3.28. The molecule has 2 aromatic heterocycles. The van der Waals surface area contributed by atoms with Gasteiger partial charge in [0.1, 0.15) is 23.4 Å². The van der Waals surface area contributed by atoms with Crippen molar-refractivity contribution in [1.29, 1.82) is 5.26 Å². The summed E-state index contributed by atoms with van der Waals surface area (Å²) in [5.41, 5.74) is 2.54. The van der Waals surface area contributed by atoms with Crippen molar-refractivity contribution < 1.29 is 8.81 Å². The van der Waals surface area contributed by atoms with E-state index in [0.717, 1.165) is 16.6 Å². The number of thioether (sulfide) groups is 1. The summed E-state index contributed by atoms with van der Waals surface area (Å²) in [6.07, 6.45) is 1.66. The Morgan fingerprint density at radius 1 is 1.12 bits per heavy atom. The molecule has 1 N–H and O–H groups in total. The highest BCUT2D eigenvalue weighted by Crippen LogP contribution is 2.29. The third-order valence-electron chi connectivity index (χ3n) is 3.71. The fourth-order valence-corrected chi connectivity index (χ4v) is 3.23. The molecule has 0 aliphatic carbocycles. The number of aromatic amines is 1. The first kappa shape index (κ1) is 16.2. The predicted octanol–water partition coefficient (Wildman–Crippen LogP) is 5.62. The van der Waals surface area contributed by atoms with Crippen LogP contribution in [0.3, 0.4) is 0 Å². The molecule has 0 atom stereocenters. The van der Waals surface area contributed by atoms with E-state index < -0.39 is 0 Å². The van der Waals surface area contributed by atoms with Crippen molar-refractivity contribution in [3.8, 4) is 17.4 Å². The number of hydrogen-bond donors (Lipinski definition) is 1. The number of halogens is 1. The van der Waals surface area contributed by atoms with Gasteiger partial charge in [-0.25, -0.2) is 9.37 Å². The van der Waals surface area contributed by atoms with E-state index >= 15 is 0 Å². The van der Waals surface area contributed by atoms with Gasteiger partial charge >= 0.3 is 0 Å². The van der Waals surface area contributed by atoms with Crippen molar-refractivity contribution in [1.82, 2.24) is 9.97 Å². The summed E-state index contributed by atoms with van der Waals surface area (Å²) in [6.45, 7) is 0. The number of aromatic nitrogens is 2. The van der Waals surface area contributed by atoms with Crippen LogP contribution in [0.1, 0.15) is 5.76 Å². The lowest BCUT2D eigenvalue weighted by atomic mass is 10.2. The molecule has 0 aliphatic heterocycles. The van der Waals surface area contributed by atoms with Gasteiger partial charge in [-0.2, -0.15) is 5.26 Å². The summed E-state index contributed by atoms with van der Waals surface area (Å²) in [4.78, 5) is 8.08. The summed E-state index contributed by atoms with van der Waals surface area (Å²) in [5, 5.41) is 10.1. The van der Waals surface area contributed by atoms with Crippen LogP contribution in [0, 0.1) is 17.1 Å². The van der Waals surface area contributed by atoms with Crippen LogP contribution >= 0.6 is 11.8 Å². The summed E-state index contributed by atoms with van der Waals surface area (Å²) < 4.78 is 18.8. The van der Waals surface area contributed by atoms with Crippen molar-refractivity contribution in [3.63, 3.8) is 0 Å². The SMILES string of the molecule is N#C/C(=C\c1ccc(-c2ccc(F)cc2)o1)Sc1nc2ccccc2[nH]1. The number of benzene rings is 2. The van der Waals surface area contributed by atoms with E-state index in [4.69, 9.17) is 4.42 Å². The number of furan rings is 1. The molecule has 0 fully saturated rings. The zero-order valence-electron chi connectivity index (χ0n) is 13.4. The Morgan fingerprint density at radius 2 is 1.92 bits per heavy atom. The lowest BCUT2D eigenvalue weighted by molar-refractivity contribution is 0.571. The second-order valence-electron chi connectivity index (χ2n) is 5.49. The largest absolute Gasteiger partial charge is 0.457 e. The van der Waals surface area contributed by atoms with Crippen molar-refractivity contribution in [2.24, 2.45) is 0 Å². The number of hydrogen-bond acceptors (Lipinski definition) is 4. The van der Waals surface area contributed by atoms with Crippen LogP contribution in [0.5, 0.6) is 0 Å². The van der Waals surface area contributed by atoms with Gasteiger partial charge in [-0.1, -0.05) is 12.1 Å². The van der Waals surface area contributed by atoms with E-state index in [1.807, 2.05) is 24.3 Å². The summed E-state index contributed by atoms with van der Waals surface area (Å²) in [5.74, 6) is 0.862. The highest BCUT2D eigenvalue weighted by Gasteiger charge is 2.09. The topological polar surface area (TPSA) is 65.6 Å². The molecule has 0 amide bonds. The van der Waals surface area contributed by atoms with Gasteiger partial charge in [-0.3, -0.25) is 0 Å². The zero-order valence-corrected chi connectivity index (χ0v) is 14.3. The van der Waals surface area contributed by atoms with Crippen LogP contribution in [0.15, 0.2) is 75.1 Å². The number of rotatable bonds is 4. The third kappa shape index (κ3) is 3.39. The molecule has 126 valence electrons. The van der Waals surface area contributed by atoms with Crippen LogP contribution < -0.4 is 0 Å². The fourth-order valence-electron chi connectivity index (χ4n) is 2.50. The van der Waals surface area contributed by atoms with Gasteiger partial charge in [0.05, 0.1) is 15.9 Å². The van der Waals surface area contributed by atoms with E-state index in [-0.39, 0.29) is 5.82 Å². The molecule has 0 bridgehead atoms. The maximum atomic E-state index is 13.0. The fraction of sp³-hybridized carbons (Fsp3) is 0. The second kappa shape index (κ2) is 6.90. The van der Waals surface area contributed by atoms with E-state index in [1.54, 1.807) is 30.3 Å². The van der Waals surface area contributed by atoms with Gasteiger partial charge in [0.2, 0.25) is 0 Å². The Hall–Kier alpha value is -3.30. The van der Waals surface area contributed by atoms with Crippen molar-refractivity contribution in [2.45, 2.75) is 5.16 Å². The molecule has 0 aliphatic rings. The first-order valence-electron chi connectivity index (χ1n) is 7.81. The number of para-hydroxylation sites is 2. The maximum absolute atomic E-state index is 13.0. The Bertz CT molecular complexity index is 1100. The molecule has 0 radical (unpaired) electrons. The molecule has 0 spiro atoms. The molecule has 0 saturated heterocycles. The minimum absolute atomic E-state index is 0.297. The predicted molar refractivity (Wildman–Crippen MR) is 99.6 cm³/mol. The van der Waals surface area contributed by atoms with Gasteiger partial charge in [0.25, 0.3) is 0 Å². The third-order valence-corrected chi connectivity index (χ3v) is 4.53. The first-order valence-corrected chi connectivity index (χ1v) is 8.63. The van der Waals surface area contributed by atoms with Gasteiger partial charge in [0, 0.05) is 11.6 Å². The highest BCUT2D eigenvalue weighted by atomic mass is 32.2. The quantitative estimate of drug-likeness (QED) is 0.378. The van der Waals surface area contributed by atoms with Gasteiger partial charge in [-0.15, -0.1) is 0 Å². The Balaban J connectivity index is 1.57. The molecule has 4 rings (SSSR count). The molecule has 2 heterocycles. The second-order valence-corrected chi connectivity index (χ2v) is 6.52. The van der Waals surface area contributed by atoms with E-state index in [2.05, 4.69) is 16.0 Å². The van der Waals surface area contributed by atoms with Gasteiger partial charge < -0.3 is 9.40 Å². The van der Waals surface area contributed by atoms with Gasteiger partial charge in [0.15, 0.2) is 5.16 Å². The Morgan fingerprint density at radius 3 is 2.69 bits per heavy atom. The molecule has 4 aromatic rings.